The van der Waals surface area contributed by atoms with Gasteiger partial charge in [0, 0.05) is 20.1 Å². The normalized spacial score (nSPS) is 10.4. The van der Waals surface area contributed by atoms with Crippen LogP contribution in [0.5, 0.6) is 0 Å². The second-order valence-electron chi connectivity index (χ2n) is 3.40. The van der Waals surface area contributed by atoms with Crippen LogP contribution in [0.3, 0.4) is 0 Å². The highest BCUT2D eigenvalue weighted by atomic mass is 79.9. The summed E-state index contributed by atoms with van der Waals surface area (Å²) < 4.78 is 1.04. The highest BCUT2D eigenvalue weighted by molar-refractivity contribution is 9.11. The molecule has 1 N–H and O–H groups in total. The second kappa shape index (κ2) is 5.63. The fourth-order valence-corrected chi connectivity index (χ4v) is 2.66. The lowest BCUT2D eigenvalue weighted by Gasteiger charge is -2.15. The van der Waals surface area contributed by atoms with Crippen LogP contribution in [0, 0.1) is 6.92 Å². The van der Waals surface area contributed by atoms with Crippen LogP contribution in [0.25, 0.3) is 0 Å². The standard InChI is InChI=1S/C10H15BrN2OS/c1-7-6-8(15-9(7)11)10(14)13(3)5-4-12-2/h6,12H,4-5H2,1-3H3. The summed E-state index contributed by atoms with van der Waals surface area (Å²) in [5.74, 6) is 0.0871. The fraction of sp³-hybridized carbons (Fsp3) is 0.500. The Balaban J connectivity index is 2.67. The van der Waals surface area contributed by atoms with Crippen molar-refractivity contribution in [2.24, 2.45) is 0 Å². The zero-order valence-corrected chi connectivity index (χ0v) is 11.5. The number of hydrogen-bond donors (Lipinski definition) is 1. The number of carbonyl (C=O) groups is 1. The maximum atomic E-state index is 11.9. The lowest BCUT2D eigenvalue weighted by atomic mass is 10.3. The summed E-state index contributed by atoms with van der Waals surface area (Å²) in [4.78, 5) is 14.4. The Hall–Kier alpha value is -0.390. The molecule has 0 aliphatic rings. The average molecular weight is 291 g/mol. The monoisotopic (exact) mass is 290 g/mol. The van der Waals surface area contributed by atoms with E-state index in [0.29, 0.717) is 0 Å². The third-order valence-electron chi connectivity index (χ3n) is 2.11. The predicted octanol–water partition coefficient (Wildman–Crippen LogP) is 2.11. The van der Waals surface area contributed by atoms with Crippen molar-refractivity contribution in [1.82, 2.24) is 10.2 Å². The first-order valence-electron chi connectivity index (χ1n) is 4.72. The fourth-order valence-electron chi connectivity index (χ4n) is 1.13. The lowest BCUT2D eigenvalue weighted by Crippen LogP contribution is -2.32. The summed E-state index contributed by atoms with van der Waals surface area (Å²) in [6.07, 6.45) is 0. The summed E-state index contributed by atoms with van der Waals surface area (Å²) in [5.41, 5.74) is 1.12. The molecule has 1 rings (SSSR count). The van der Waals surface area contributed by atoms with Crippen molar-refractivity contribution >= 4 is 33.2 Å². The smallest absolute Gasteiger partial charge is 0.263 e. The van der Waals surface area contributed by atoms with Gasteiger partial charge in [0.2, 0.25) is 0 Å². The topological polar surface area (TPSA) is 32.3 Å². The highest BCUT2D eigenvalue weighted by Crippen LogP contribution is 2.27. The second-order valence-corrected chi connectivity index (χ2v) is 5.77. The number of nitrogens with one attached hydrogen (secondary N) is 1. The number of likely N-dealkylation sites (N-methyl/N-ethyl adjacent to an activating group) is 2. The van der Waals surface area contributed by atoms with Crippen LogP contribution in [0.4, 0.5) is 0 Å². The van der Waals surface area contributed by atoms with Crippen LogP contribution >= 0.6 is 27.3 Å². The molecule has 5 heteroatoms. The van der Waals surface area contributed by atoms with Crippen molar-refractivity contribution < 1.29 is 4.79 Å². The molecular weight excluding hydrogens is 276 g/mol. The van der Waals surface area contributed by atoms with Crippen LogP contribution in [0.2, 0.25) is 0 Å². The van der Waals surface area contributed by atoms with Crippen molar-refractivity contribution in [3.63, 3.8) is 0 Å². The van der Waals surface area contributed by atoms with Gasteiger partial charge in [-0.1, -0.05) is 0 Å². The molecule has 0 atom stereocenters. The molecule has 0 aliphatic heterocycles. The van der Waals surface area contributed by atoms with Gasteiger partial charge in [0.1, 0.15) is 0 Å². The van der Waals surface area contributed by atoms with E-state index in [4.69, 9.17) is 0 Å². The molecule has 0 unspecified atom stereocenters. The molecule has 1 heterocycles. The molecule has 3 nitrogen and oxygen atoms in total. The summed E-state index contributed by atoms with van der Waals surface area (Å²) >= 11 is 4.91. The van der Waals surface area contributed by atoms with E-state index in [-0.39, 0.29) is 5.91 Å². The van der Waals surface area contributed by atoms with E-state index in [1.54, 1.807) is 4.90 Å². The third-order valence-corrected chi connectivity index (χ3v) is 4.24. The van der Waals surface area contributed by atoms with Gasteiger partial charge < -0.3 is 10.2 Å². The van der Waals surface area contributed by atoms with Crippen molar-refractivity contribution in [3.05, 3.63) is 20.3 Å². The Morgan fingerprint density at radius 1 is 1.67 bits per heavy atom. The molecule has 0 fully saturated rings. The number of rotatable bonds is 4. The number of aryl methyl sites for hydroxylation is 1. The molecule has 0 saturated carbocycles. The van der Waals surface area contributed by atoms with Crippen LogP contribution in [-0.4, -0.2) is 38.0 Å². The quantitative estimate of drug-likeness (QED) is 0.921. The summed E-state index contributed by atoms with van der Waals surface area (Å²) in [6, 6.07) is 1.92. The van der Waals surface area contributed by atoms with Gasteiger partial charge >= 0.3 is 0 Å². The van der Waals surface area contributed by atoms with E-state index in [2.05, 4.69) is 21.2 Å². The minimum Gasteiger partial charge on any atom is -0.340 e. The lowest BCUT2D eigenvalue weighted by molar-refractivity contribution is 0.0801. The zero-order chi connectivity index (χ0) is 11.4. The van der Waals surface area contributed by atoms with Gasteiger partial charge in [-0.15, -0.1) is 11.3 Å². The minimum absolute atomic E-state index is 0.0871. The molecular formula is C10H15BrN2OS. The minimum atomic E-state index is 0.0871. The highest BCUT2D eigenvalue weighted by Gasteiger charge is 2.14. The number of nitrogens with zero attached hydrogens (tertiary/aromatic N) is 1. The Labute approximate surface area is 103 Å². The molecule has 0 aromatic carbocycles. The molecule has 1 amide bonds. The molecule has 0 spiro atoms. The largest absolute Gasteiger partial charge is 0.340 e. The molecule has 0 bridgehead atoms. The Bertz CT molecular complexity index is 332. The van der Waals surface area contributed by atoms with Crippen molar-refractivity contribution in [2.75, 3.05) is 27.2 Å². The maximum absolute atomic E-state index is 11.9. The SMILES string of the molecule is CNCCN(C)C(=O)c1cc(C)c(Br)s1. The van der Waals surface area contributed by atoms with Crippen LogP contribution < -0.4 is 5.32 Å². The number of hydrogen-bond acceptors (Lipinski definition) is 3. The molecule has 0 saturated heterocycles. The van der Waals surface area contributed by atoms with E-state index in [9.17, 15) is 4.79 Å². The predicted molar refractivity (Wildman–Crippen MR) is 67.6 cm³/mol. The zero-order valence-electron chi connectivity index (χ0n) is 9.13. The Morgan fingerprint density at radius 2 is 2.33 bits per heavy atom. The number of halogens is 1. The molecule has 0 radical (unpaired) electrons. The van der Waals surface area contributed by atoms with E-state index >= 15 is 0 Å². The van der Waals surface area contributed by atoms with Gasteiger partial charge in [-0.05, 0) is 41.5 Å². The molecule has 0 aliphatic carbocycles. The summed E-state index contributed by atoms with van der Waals surface area (Å²) in [6.45, 7) is 3.53. The Kier molecular flexibility index (Phi) is 4.76. The van der Waals surface area contributed by atoms with Gasteiger partial charge in [0.05, 0.1) is 8.66 Å². The van der Waals surface area contributed by atoms with Crippen molar-refractivity contribution in [3.8, 4) is 0 Å². The molecule has 1 aromatic rings. The van der Waals surface area contributed by atoms with Crippen LogP contribution in [-0.2, 0) is 0 Å². The number of amides is 1. The number of carbonyl (C=O) groups excluding carboxylic acids is 1. The molecule has 1 aromatic heterocycles. The van der Waals surface area contributed by atoms with Crippen molar-refractivity contribution in [2.45, 2.75) is 6.92 Å². The average Bonchev–Trinajstić information content (AvgIpc) is 2.54. The third kappa shape index (κ3) is 3.29. The molecule has 84 valence electrons. The van der Waals surface area contributed by atoms with Gasteiger partial charge in [0.25, 0.3) is 5.91 Å². The van der Waals surface area contributed by atoms with E-state index < -0.39 is 0 Å². The van der Waals surface area contributed by atoms with Gasteiger partial charge in [-0.25, -0.2) is 0 Å². The van der Waals surface area contributed by atoms with Crippen molar-refractivity contribution in [1.29, 1.82) is 0 Å². The number of thiophene rings is 1. The first-order chi connectivity index (χ1) is 7.06. The maximum Gasteiger partial charge on any atom is 0.263 e. The molecule has 15 heavy (non-hydrogen) atoms. The van der Waals surface area contributed by atoms with E-state index in [0.717, 1.165) is 27.3 Å². The first-order valence-corrected chi connectivity index (χ1v) is 6.33. The van der Waals surface area contributed by atoms with E-state index in [1.807, 2.05) is 27.1 Å². The van der Waals surface area contributed by atoms with Gasteiger partial charge in [-0.2, -0.15) is 0 Å². The summed E-state index contributed by atoms with van der Waals surface area (Å²) in [5, 5.41) is 3.02. The first kappa shape index (κ1) is 12.7. The van der Waals surface area contributed by atoms with Gasteiger partial charge in [0.15, 0.2) is 0 Å². The van der Waals surface area contributed by atoms with Crippen LogP contribution in [0.15, 0.2) is 9.85 Å². The summed E-state index contributed by atoms with van der Waals surface area (Å²) in [7, 11) is 3.70. The Morgan fingerprint density at radius 3 is 2.80 bits per heavy atom. The van der Waals surface area contributed by atoms with E-state index in [1.165, 1.54) is 11.3 Å². The van der Waals surface area contributed by atoms with Crippen LogP contribution in [0.1, 0.15) is 15.2 Å². The van der Waals surface area contributed by atoms with Gasteiger partial charge in [-0.3, -0.25) is 4.79 Å².